The van der Waals surface area contributed by atoms with E-state index in [1.807, 2.05) is 0 Å². The molecule has 2 aliphatic heterocycles. The molecular weight excluding hydrogens is 117 g/mol. The van der Waals surface area contributed by atoms with Crippen molar-refractivity contribution >= 4 is 0 Å². The Hall–Kier alpha value is -0.110. The molecule has 0 aromatic carbocycles. The van der Waals surface area contributed by atoms with Crippen molar-refractivity contribution in [3.8, 4) is 0 Å². The number of hydrogen-bond donors (Lipinski definition) is 0. The molecule has 2 saturated heterocycles. The number of nitrogens with zero attached hydrogens (tertiary/aromatic N) is 1. The Kier molecular flexibility index (Phi) is 1.22. The van der Waals surface area contributed by atoms with Crippen LogP contribution in [0, 0.1) is 5.92 Å². The normalized spacial score (nSPS) is 49.7. The van der Waals surface area contributed by atoms with Crippen molar-refractivity contribution in [1.29, 1.82) is 0 Å². The summed E-state index contributed by atoms with van der Waals surface area (Å²) in [6.07, 6.45) is 1.40. The molecule has 0 aromatic rings. The van der Waals surface area contributed by atoms with E-state index in [1.165, 1.54) is 0 Å². The molecule has 0 aliphatic carbocycles. The van der Waals surface area contributed by atoms with Crippen LogP contribution in [-0.4, -0.2) is 30.7 Å². The first-order valence-electron chi connectivity index (χ1n) is 3.72. The molecule has 0 radical (unpaired) electrons. The van der Waals surface area contributed by atoms with Crippen LogP contribution in [0.1, 0.15) is 12.8 Å². The van der Waals surface area contributed by atoms with Gasteiger partial charge in [0.2, 0.25) is 0 Å². The standard InChI is InChI=1S/C7H12FN/c8-7-2-4-9-3-1-6(7)5-9/h6-7H,1-5H2/t6?,7-/m0/s1. The molecule has 2 fully saturated rings. The van der Waals surface area contributed by atoms with Crippen molar-refractivity contribution in [2.24, 2.45) is 5.92 Å². The maximum absolute atomic E-state index is 12.8. The second-order valence-corrected chi connectivity index (χ2v) is 3.15. The van der Waals surface area contributed by atoms with Gasteiger partial charge in [0.1, 0.15) is 6.17 Å². The second kappa shape index (κ2) is 1.94. The van der Waals surface area contributed by atoms with Crippen LogP contribution < -0.4 is 0 Å². The minimum atomic E-state index is -0.483. The summed E-state index contributed by atoms with van der Waals surface area (Å²) in [6, 6.07) is 0. The minimum Gasteiger partial charge on any atom is -0.303 e. The highest BCUT2D eigenvalue weighted by Gasteiger charge is 2.33. The molecule has 2 heterocycles. The predicted octanol–water partition coefficient (Wildman–Crippen LogP) is 1.05. The van der Waals surface area contributed by atoms with Gasteiger partial charge in [-0.1, -0.05) is 0 Å². The molecular formula is C7H12FN. The van der Waals surface area contributed by atoms with Crippen LogP contribution in [0.5, 0.6) is 0 Å². The smallest absolute Gasteiger partial charge is 0.105 e. The molecule has 1 nitrogen and oxygen atoms in total. The van der Waals surface area contributed by atoms with E-state index in [9.17, 15) is 4.39 Å². The Morgan fingerprint density at radius 2 is 2.00 bits per heavy atom. The van der Waals surface area contributed by atoms with Gasteiger partial charge in [0.25, 0.3) is 0 Å². The lowest BCUT2D eigenvalue weighted by molar-refractivity contribution is 0.152. The molecule has 2 aliphatic rings. The lowest BCUT2D eigenvalue weighted by Gasteiger charge is -2.24. The van der Waals surface area contributed by atoms with Crippen molar-refractivity contribution in [1.82, 2.24) is 4.90 Å². The Labute approximate surface area is 54.8 Å². The van der Waals surface area contributed by atoms with Gasteiger partial charge in [0, 0.05) is 19.0 Å². The lowest BCUT2D eigenvalue weighted by Crippen LogP contribution is -2.32. The van der Waals surface area contributed by atoms with Gasteiger partial charge in [-0.25, -0.2) is 4.39 Å². The first kappa shape index (κ1) is 5.66. The molecule has 3 atom stereocenters. The molecule has 0 aromatic heterocycles. The largest absolute Gasteiger partial charge is 0.303 e. The molecule has 0 saturated carbocycles. The van der Waals surface area contributed by atoms with Crippen LogP contribution in [0.25, 0.3) is 0 Å². The lowest BCUT2D eigenvalue weighted by atomic mass is 9.99. The van der Waals surface area contributed by atoms with Gasteiger partial charge in [-0.2, -0.15) is 0 Å². The van der Waals surface area contributed by atoms with Gasteiger partial charge in [-0.3, -0.25) is 0 Å². The molecule has 0 amide bonds. The molecule has 2 unspecified atom stereocenters. The Bertz CT molecular complexity index is 115. The topological polar surface area (TPSA) is 3.24 Å². The highest BCUT2D eigenvalue weighted by Crippen LogP contribution is 2.28. The molecule has 0 N–H and O–H groups in total. The van der Waals surface area contributed by atoms with Gasteiger partial charge < -0.3 is 4.90 Å². The van der Waals surface area contributed by atoms with Gasteiger partial charge in [0.15, 0.2) is 0 Å². The highest BCUT2D eigenvalue weighted by atomic mass is 19.1. The number of rotatable bonds is 0. The SMILES string of the molecule is F[C@H]1CCN2CCC1C2. The molecule has 0 spiro atoms. The van der Waals surface area contributed by atoms with Crippen molar-refractivity contribution in [3.05, 3.63) is 0 Å². The van der Waals surface area contributed by atoms with Crippen molar-refractivity contribution < 1.29 is 4.39 Å². The number of hydrogen-bond acceptors (Lipinski definition) is 1. The van der Waals surface area contributed by atoms with E-state index in [-0.39, 0.29) is 0 Å². The quantitative estimate of drug-likeness (QED) is 0.472. The molecule has 2 bridgehead atoms. The fraction of sp³-hybridized carbons (Fsp3) is 1.00. The maximum atomic E-state index is 12.8. The number of alkyl halides is 1. The van der Waals surface area contributed by atoms with E-state index >= 15 is 0 Å². The second-order valence-electron chi connectivity index (χ2n) is 3.15. The van der Waals surface area contributed by atoms with E-state index in [2.05, 4.69) is 4.90 Å². The summed E-state index contributed by atoms with van der Waals surface area (Å²) in [5.41, 5.74) is 0. The van der Waals surface area contributed by atoms with Gasteiger partial charge in [-0.15, -0.1) is 0 Å². The van der Waals surface area contributed by atoms with Gasteiger partial charge in [-0.05, 0) is 19.4 Å². The van der Waals surface area contributed by atoms with E-state index in [0.717, 1.165) is 32.5 Å². The zero-order valence-electron chi connectivity index (χ0n) is 5.52. The third kappa shape index (κ3) is 0.855. The zero-order valence-corrected chi connectivity index (χ0v) is 5.52. The highest BCUT2D eigenvalue weighted by molar-refractivity contribution is 4.86. The summed E-state index contributed by atoms with van der Waals surface area (Å²) in [5, 5.41) is 0. The molecule has 9 heavy (non-hydrogen) atoms. The minimum absolute atomic E-state index is 0.388. The average Bonchev–Trinajstić information content (AvgIpc) is 2.25. The van der Waals surface area contributed by atoms with Crippen LogP contribution in [0.4, 0.5) is 4.39 Å². The monoisotopic (exact) mass is 129 g/mol. The fourth-order valence-corrected chi connectivity index (χ4v) is 1.90. The Morgan fingerprint density at radius 1 is 1.22 bits per heavy atom. The molecule has 2 rings (SSSR count). The fourth-order valence-electron chi connectivity index (χ4n) is 1.90. The number of halogens is 1. The number of fused-ring (bicyclic) bond motifs is 2. The summed E-state index contributed by atoms with van der Waals surface area (Å²) in [4.78, 5) is 2.36. The average molecular weight is 129 g/mol. The van der Waals surface area contributed by atoms with Crippen molar-refractivity contribution in [3.63, 3.8) is 0 Å². The third-order valence-corrected chi connectivity index (χ3v) is 2.54. The third-order valence-electron chi connectivity index (χ3n) is 2.54. The summed E-state index contributed by atoms with van der Waals surface area (Å²) in [6.45, 7) is 3.17. The Balaban J connectivity index is 2.05. The summed E-state index contributed by atoms with van der Waals surface area (Å²) in [7, 11) is 0. The van der Waals surface area contributed by atoms with Crippen LogP contribution in [-0.2, 0) is 0 Å². The van der Waals surface area contributed by atoms with Crippen LogP contribution in [0.15, 0.2) is 0 Å². The summed E-state index contributed by atoms with van der Waals surface area (Å²) >= 11 is 0. The summed E-state index contributed by atoms with van der Waals surface area (Å²) < 4.78 is 12.8. The van der Waals surface area contributed by atoms with Crippen molar-refractivity contribution in [2.45, 2.75) is 19.0 Å². The number of piperidine rings is 1. The van der Waals surface area contributed by atoms with E-state index in [1.54, 1.807) is 0 Å². The maximum Gasteiger partial charge on any atom is 0.105 e. The van der Waals surface area contributed by atoms with Gasteiger partial charge >= 0.3 is 0 Å². The Morgan fingerprint density at radius 3 is 2.78 bits per heavy atom. The van der Waals surface area contributed by atoms with Gasteiger partial charge in [0.05, 0.1) is 0 Å². The van der Waals surface area contributed by atoms with Crippen LogP contribution >= 0.6 is 0 Å². The van der Waals surface area contributed by atoms with Crippen molar-refractivity contribution in [2.75, 3.05) is 19.6 Å². The predicted molar refractivity (Wildman–Crippen MR) is 34.1 cm³/mol. The summed E-state index contributed by atoms with van der Waals surface area (Å²) in [5.74, 6) is 0.388. The van der Waals surface area contributed by atoms with Crippen LogP contribution in [0.3, 0.4) is 0 Å². The van der Waals surface area contributed by atoms with E-state index in [4.69, 9.17) is 0 Å². The van der Waals surface area contributed by atoms with Crippen LogP contribution in [0.2, 0.25) is 0 Å². The van der Waals surface area contributed by atoms with E-state index in [0.29, 0.717) is 5.92 Å². The molecule has 52 valence electrons. The first-order chi connectivity index (χ1) is 4.36. The first-order valence-corrected chi connectivity index (χ1v) is 3.72. The molecule has 2 heteroatoms. The zero-order chi connectivity index (χ0) is 6.27. The van der Waals surface area contributed by atoms with E-state index < -0.39 is 6.17 Å².